The van der Waals surface area contributed by atoms with Crippen LogP contribution in [0.3, 0.4) is 0 Å². The van der Waals surface area contributed by atoms with E-state index in [1.54, 1.807) is 12.3 Å². The molecule has 3 N–H and O–H groups in total. The van der Waals surface area contributed by atoms with Crippen LogP contribution >= 0.6 is 0 Å². The average Bonchev–Trinajstić information content (AvgIpc) is 3.28. The van der Waals surface area contributed by atoms with Crippen LogP contribution in [0.1, 0.15) is 41.4 Å². The number of amides is 1. The topological polar surface area (TPSA) is 107 Å². The number of nitrogens with two attached hydrogens (primary N) is 1. The molecule has 0 unspecified atom stereocenters. The van der Waals surface area contributed by atoms with Crippen LogP contribution in [0.5, 0.6) is 0 Å². The summed E-state index contributed by atoms with van der Waals surface area (Å²) < 4.78 is 15.3. The van der Waals surface area contributed by atoms with Crippen molar-refractivity contribution in [3.05, 3.63) is 100 Å². The third kappa shape index (κ3) is 3.56. The number of aromatic amines is 1. The van der Waals surface area contributed by atoms with E-state index in [2.05, 4.69) is 28.8 Å². The fraction of sp³-hybridized carbons (Fsp3) is 0.133. The number of primary amides is 1. The molecule has 0 saturated heterocycles. The van der Waals surface area contributed by atoms with Crippen molar-refractivity contribution in [2.75, 3.05) is 0 Å². The van der Waals surface area contributed by atoms with Gasteiger partial charge in [0.1, 0.15) is 12.1 Å². The van der Waals surface area contributed by atoms with E-state index < -0.39 is 11.7 Å². The summed E-state index contributed by atoms with van der Waals surface area (Å²) in [5, 5.41) is 1.99. The normalized spacial score (nSPS) is 11.7. The fourth-order valence-corrected chi connectivity index (χ4v) is 5.11. The first-order valence-electron chi connectivity index (χ1n) is 12.3. The van der Waals surface area contributed by atoms with Gasteiger partial charge in [-0.25, -0.2) is 9.37 Å². The Balaban J connectivity index is 1.65. The van der Waals surface area contributed by atoms with Crippen LogP contribution in [0.15, 0.2) is 71.9 Å². The molecule has 8 heteroatoms. The van der Waals surface area contributed by atoms with Crippen molar-refractivity contribution in [2.45, 2.75) is 26.7 Å². The van der Waals surface area contributed by atoms with Crippen molar-refractivity contribution in [3.8, 4) is 16.8 Å². The Bertz CT molecular complexity index is 1990. The SMILES string of the molecule is Cc1c(-c2ccc(C(N)=O)c3[nH]c4cnc(C(C)C)cc4c23)cccc1-n1cnc2ccc(F)cc2c1=O. The Hall–Kier alpha value is -4.85. The summed E-state index contributed by atoms with van der Waals surface area (Å²) in [4.78, 5) is 37.9. The summed E-state index contributed by atoms with van der Waals surface area (Å²) in [6.45, 7) is 6.08. The molecule has 0 atom stereocenters. The first-order chi connectivity index (χ1) is 18.2. The molecule has 0 fully saturated rings. The third-order valence-corrected chi connectivity index (χ3v) is 7.09. The lowest BCUT2D eigenvalue weighted by atomic mass is 9.93. The zero-order valence-electron chi connectivity index (χ0n) is 21.0. The van der Waals surface area contributed by atoms with Crippen LogP contribution in [0.25, 0.3) is 49.5 Å². The van der Waals surface area contributed by atoms with E-state index in [0.29, 0.717) is 22.3 Å². The lowest BCUT2D eigenvalue weighted by Gasteiger charge is -2.15. The minimum atomic E-state index is -0.531. The average molecular weight is 506 g/mol. The van der Waals surface area contributed by atoms with Gasteiger partial charge in [0.25, 0.3) is 11.5 Å². The number of benzene rings is 3. The summed E-state index contributed by atoms with van der Waals surface area (Å²) in [5.74, 6) is -0.808. The summed E-state index contributed by atoms with van der Waals surface area (Å²) in [5.41, 5.74) is 11.8. The van der Waals surface area contributed by atoms with Crippen molar-refractivity contribution in [1.29, 1.82) is 0 Å². The van der Waals surface area contributed by atoms with E-state index in [1.807, 2.05) is 37.3 Å². The number of fused-ring (bicyclic) bond motifs is 4. The quantitative estimate of drug-likeness (QED) is 0.318. The van der Waals surface area contributed by atoms with Gasteiger partial charge < -0.3 is 10.7 Å². The number of hydrogen-bond acceptors (Lipinski definition) is 4. The largest absolute Gasteiger partial charge is 0.366 e. The molecule has 1 amide bonds. The van der Waals surface area contributed by atoms with Gasteiger partial charge in [-0.15, -0.1) is 0 Å². The predicted molar refractivity (Wildman–Crippen MR) is 147 cm³/mol. The number of carbonyl (C=O) groups excluding carboxylic acids is 1. The maximum atomic E-state index is 13.9. The number of H-pyrrole nitrogens is 1. The van der Waals surface area contributed by atoms with Gasteiger partial charge in [-0.2, -0.15) is 0 Å². The van der Waals surface area contributed by atoms with Crippen molar-refractivity contribution >= 4 is 38.6 Å². The Kier molecular flexibility index (Phi) is 5.34. The summed E-state index contributed by atoms with van der Waals surface area (Å²) in [7, 11) is 0. The van der Waals surface area contributed by atoms with Crippen LogP contribution in [0, 0.1) is 12.7 Å². The van der Waals surface area contributed by atoms with E-state index >= 15 is 0 Å². The molecular weight excluding hydrogens is 481 g/mol. The summed E-state index contributed by atoms with van der Waals surface area (Å²) >= 11 is 0. The molecule has 0 radical (unpaired) electrons. The van der Waals surface area contributed by atoms with E-state index in [0.717, 1.165) is 38.7 Å². The number of hydrogen-bond donors (Lipinski definition) is 2. The number of nitrogens with one attached hydrogen (secondary N) is 1. The Morgan fingerprint density at radius 1 is 1.03 bits per heavy atom. The highest BCUT2D eigenvalue weighted by atomic mass is 19.1. The smallest absolute Gasteiger partial charge is 0.265 e. The van der Waals surface area contributed by atoms with Crippen LogP contribution in [0.2, 0.25) is 0 Å². The minimum absolute atomic E-state index is 0.204. The minimum Gasteiger partial charge on any atom is -0.366 e. The molecular formula is C30H24FN5O2. The maximum Gasteiger partial charge on any atom is 0.265 e. The van der Waals surface area contributed by atoms with E-state index in [1.165, 1.54) is 29.1 Å². The van der Waals surface area contributed by atoms with E-state index in [-0.39, 0.29) is 16.9 Å². The monoisotopic (exact) mass is 505 g/mol. The molecule has 0 bridgehead atoms. The van der Waals surface area contributed by atoms with Crippen LogP contribution in [-0.2, 0) is 0 Å². The van der Waals surface area contributed by atoms with Crippen LogP contribution in [-0.4, -0.2) is 25.4 Å². The molecule has 38 heavy (non-hydrogen) atoms. The first-order valence-corrected chi connectivity index (χ1v) is 12.3. The van der Waals surface area contributed by atoms with Gasteiger partial charge in [0.05, 0.1) is 39.4 Å². The van der Waals surface area contributed by atoms with Crippen molar-refractivity contribution in [2.24, 2.45) is 5.73 Å². The molecule has 3 aromatic heterocycles. The van der Waals surface area contributed by atoms with Gasteiger partial charge in [0.2, 0.25) is 0 Å². The van der Waals surface area contributed by atoms with Gasteiger partial charge in [0.15, 0.2) is 0 Å². The molecule has 0 aliphatic carbocycles. The maximum absolute atomic E-state index is 13.9. The molecule has 7 nitrogen and oxygen atoms in total. The lowest BCUT2D eigenvalue weighted by Crippen LogP contribution is -2.20. The summed E-state index contributed by atoms with van der Waals surface area (Å²) in [6.07, 6.45) is 3.24. The van der Waals surface area contributed by atoms with E-state index in [4.69, 9.17) is 5.73 Å². The first kappa shape index (κ1) is 23.5. The number of aromatic nitrogens is 4. The number of pyridine rings is 1. The highest BCUT2D eigenvalue weighted by molar-refractivity contribution is 6.20. The molecule has 0 aliphatic heterocycles. The molecule has 0 saturated carbocycles. The fourth-order valence-electron chi connectivity index (χ4n) is 5.11. The Morgan fingerprint density at radius 2 is 1.84 bits per heavy atom. The zero-order valence-corrected chi connectivity index (χ0v) is 21.0. The standard InChI is InChI=1S/C30H24FN5O2/c1-15(2)24-12-21-25(13-33-24)35-28-20(29(32)37)9-8-19(27(21)28)18-5-4-6-26(16(18)3)36-14-34-23-10-7-17(31)11-22(23)30(36)38/h4-15,35H,1-3H3,(H2,32,37). The molecule has 3 heterocycles. The van der Waals surface area contributed by atoms with E-state index in [9.17, 15) is 14.0 Å². The molecule has 6 rings (SSSR count). The zero-order chi connectivity index (χ0) is 26.7. The van der Waals surface area contributed by atoms with Gasteiger partial charge in [0, 0.05) is 16.5 Å². The lowest BCUT2D eigenvalue weighted by molar-refractivity contribution is 0.100. The van der Waals surface area contributed by atoms with Gasteiger partial charge in [-0.1, -0.05) is 32.0 Å². The molecule has 0 aliphatic rings. The third-order valence-electron chi connectivity index (χ3n) is 7.09. The molecule has 188 valence electrons. The Morgan fingerprint density at radius 3 is 2.61 bits per heavy atom. The predicted octanol–water partition coefficient (Wildman–Crippen LogP) is 5.75. The second kappa shape index (κ2) is 8.62. The number of nitrogens with zero attached hydrogens (tertiary/aromatic N) is 3. The Labute approximate surface area is 216 Å². The second-order valence-corrected chi connectivity index (χ2v) is 9.74. The van der Waals surface area contributed by atoms with Gasteiger partial charge >= 0.3 is 0 Å². The molecule has 6 aromatic rings. The van der Waals surface area contributed by atoms with Crippen LogP contribution in [0.4, 0.5) is 4.39 Å². The van der Waals surface area contributed by atoms with Crippen molar-refractivity contribution in [3.63, 3.8) is 0 Å². The summed E-state index contributed by atoms with van der Waals surface area (Å²) in [6, 6.07) is 15.3. The van der Waals surface area contributed by atoms with Gasteiger partial charge in [-0.3, -0.25) is 19.1 Å². The number of rotatable bonds is 4. The molecule has 3 aromatic carbocycles. The highest BCUT2D eigenvalue weighted by Crippen LogP contribution is 2.39. The highest BCUT2D eigenvalue weighted by Gasteiger charge is 2.20. The van der Waals surface area contributed by atoms with Crippen molar-refractivity contribution < 1.29 is 9.18 Å². The van der Waals surface area contributed by atoms with Crippen LogP contribution < -0.4 is 11.3 Å². The second-order valence-electron chi connectivity index (χ2n) is 9.74. The van der Waals surface area contributed by atoms with Gasteiger partial charge in [-0.05, 0) is 65.9 Å². The number of halogens is 1. The van der Waals surface area contributed by atoms with Crippen molar-refractivity contribution in [1.82, 2.24) is 19.5 Å². The molecule has 0 spiro atoms. The number of carbonyl (C=O) groups is 1.